The van der Waals surface area contributed by atoms with E-state index >= 15 is 0 Å². The maximum Gasteiger partial charge on any atom is 0.183 e. The first-order chi connectivity index (χ1) is 9.58. The number of anilines is 1. The van der Waals surface area contributed by atoms with Crippen LogP contribution in [0.15, 0.2) is 35.1 Å². The molecule has 0 amide bonds. The number of aromatic nitrogens is 1. The Morgan fingerprint density at radius 3 is 2.70 bits per heavy atom. The molecule has 102 valence electrons. The molecule has 0 aromatic heterocycles. The summed E-state index contributed by atoms with van der Waals surface area (Å²) in [6.45, 7) is 2.00. The van der Waals surface area contributed by atoms with Crippen molar-refractivity contribution >= 4 is 27.2 Å². The third-order valence-electron chi connectivity index (χ3n) is 3.44. The summed E-state index contributed by atoms with van der Waals surface area (Å²) in [5.41, 5.74) is 3.98. The Morgan fingerprint density at radius 1 is 1.20 bits per heavy atom. The molecule has 1 aliphatic heterocycles. The number of hydrogen-bond acceptors (Lipinski definition) is 4. The lowest BCUT2D eigenvalue weighted by Crippen LogP contribution is -2.09. The normalized spacial score (nSPS) is 11.2. The summed E-state index contributed by atoms with van der Waals surface area (Å²) in [5, 5.41) is 0. The summed E-state index contributed by atoms with van der Waals surface area (Å²) >= 11 is 1.63. The van der Waals surface area contributed by atoms with E-state index in [2.05, 4.69) is 22.0 Å². The largest absolute Gasteiger partial charge is 0.378 e. The second kappa shape index (κ2) is 4.87. The Hall–Kier alpha value is -1.94. The Balaban J connectivity index is 2.30. The van der Waals surface area contributed by atoms with Crippen LogP contribution >= 0.6 is 11.3 Å². The fraction of sp³-hybridized carbons (Fsp3) is 0.250. The van der Waals surface area contributed by atoms with E-state index in [0.29, 0.717) is 0 Å². The van der Waals surface area contributed by atoms with E-state index in [1.807, 2.05) is 33.2 Å². The molecule has 0 radical (unpaired) electrons. The molecule has 0 fully saturated rings. The molecule has 1 aliphatic carbocycles. The molecule has 3 nitrogen and oxygen atoms in total. The van der Waals surface area contributed by atoms with Crippen LogP contribution in [0.2, 0.25) is 0 Å². The molecule has 20 heavy (non-hydrogen) atoms. The predicted molar refractivity (Wildman–Crippen MR) is 86.2 cm³/mol. The SMILES string of the molecule is CCc1cc2nc3ccc(N(C)C)cc3sc-2cc1=O. The number of hydrogen-bond donors (Lipinski definition) is 0. The smallest absolute Gasteiger partial charge is 0.183 e. The first kappa shape index (κ1) is 13.1. The van der Waals surface area contributed by atoms with Crippen molar-refractivity contribution < 1.29 is 0 Å². The fourth-order valence-corrected chi connectivity index (χ4v) is 3.25. The summed E-state index contributed by atoms with van der Waals surface area (Å²) in [6.07, 6.45) is 0.749. The zero-order valence-electron chi connectivity index (χ0n) is 11.8. The van der Waals surface area contributed by atoms with Gasteiger partial charge in [0.15, 0.2) is 5.43 Å². The van der Waals surface area contributed by atoms with Gasteiger partial charge in [0, 0.05) is 31.4 Å². The van der Waals surface area contributed by atoms with Gasteiger partial charge in [0.1, 0.15) is 0 Å². The van der Waals surface area contributed by atoms with E-state index < -0.39 is 0 Å². The van der Waals surface area contributed by atoms with E-state index in [0.717, 1.165) is 38.5 Å². The van der Waals surface area contributed by atoms with E-state index in [9.17, 15) is 4.79 Å². The fourth-order valence-electron chi connectivity index (χ4n) is 2.24. The average Bonchev–Trinajstić information content (AvgIpc) is 2.43. The summed E-state index contributed by atoms with van der Waals surface area (Å²) in [7, 11) is 4.03. The second-order valence-corrected chi connectivity index (χ2v) is 6.13. The third kappa shape index (κ3) is 2.16. The highest BCUT2D eigenvalue weighted by Crippen LogP contribution is 2.32. The Labute approximate surface area is 121 Å². The van der Waals surface area contributed by atoms with Gasteiger partial charge in [-0.05, 0) is 30.7 Å². The molecule has 0 saturated heterocycles. The van der Waals surface area contributed by atoms with Crippen LogP contribution in [0.25, 0.3) is 20.8 Å². The van der Waals surface area contributed by atoms with Crippen molar-refractivity contribution in [2.24, 2.45) is 0 Å². The van der Waals surface area contributed by atoms with Crippen LogP contribution in [0.3, 0.4) is 0 Å². The van der Waals surface area contributed by atoms with Crippen LogP contribution in [-0.2, 0) is 6.42 Å². The minimum Gasteiger partial charge on any atom is -0.378 e. The lowest BCUT2D eigenvalue weighted by atomic mass is 10.1. The van der Waals surface area contributed by atoms with Gasteiger partial charge in [-0.25, -0.2) is 4.98 Å². The van der Waals surface area contributed by atoms with E-state index in [1.54, 1.807) is 17.4 Å². The number of benzene rings is 2. The van der Waals surface area contributed by atoms with Gasteiger partial charge < -0.3 is 4.90 Å². The molecule has 3 rings (SSSR count). The van der Waals surface area contributed by atoms with E-state index in [1.165, 1.54) is 0 Å². The zero-order valence-corrected chi connectivity index (χ0v) is 12.6. The molecule has 0 saturated carbocycles. The van der Waals surface area contributed by atoms with Crippen molar-refractivity contribution in [3.05, 3.63) is 46.1 Å². The zero-order chi connectivity index (χ0) is 14.3. The summed E-state index contributed by atoms with van der Waals surface area (Å²) in [6, 6.07) is 9.86. The second-order valence-electron chi connectivity index (χ2n) is 5.04. The Bertz CT molecular complexity index is 807. The summed E-state index contributed by atoms with van der Waals surface area (Å²) < 4.78 is 1.10. The molecule has 1 aromatic rings. The highest BCUT2D eigenvalue weighted by Gasteiger charge is 2.11. The van der Waals surface area contributed by atoms with E-state index in [4.69, 9.17) is 0 Å². The topological polar surface area (TPSA) is 33.2 Å². The van der Waals surface area contributed by atoms with Crippen LogP contribution in [-0.4, -0.2) is 19.1 Å². The molecule has 2 aliphatic rings. The van der Waals surface area contributed by atoms with Crippen molar-refractivity contribution in [1.82, 2.24) is 4.98 Å². The highest BCUT2D eigenvalue weighted by atomic mass is 32.1. The van der Waals surface area contributed by atoms with Crippen molar-refractivity contribution in [1.29, 1.82) is 0 Å². The molecular formula is C16H16N2OS. The van der Waals surface area contributed by atoms with Crippen LogP contribution in [0.4, 0.5) is 5.69 Å². The highest BCUT2D eigenvalue weighted by molar-refractivity contribution is 7.21. The van der Waals surface area contributed by atoms with Gasteiger partial charge in [0.2, 0.25) is 0 Å². The lowest BCUT2D eigenvalue weighted by molar-refractivity contribution is 1.11. The Morgan fingerprint density at radius 2 is 2.00 bits per heavy atom. The predicted octanol–water partition coefficient (Wildman–Crippen LogP) is 3.39. The van der Waals surface area contributed by atoms with Crippen LogP contribution in [0.5, 0.6) is 0 Å². The molecular weight excluding hydrogens is 268 g/mol. The van der Waals surface area contributed by atoms with Crippen LogP contribution < -0.4 is 10.3 Å². The summed E-state index contributed by atoms with van der Waals surface area (Å²) in [4.78, 5) is 19.6. The molecule has 0 spiro atoms. The monoisotopic (exact) mass is 284 g/mol. The van der Waals surface area contributed by atoms with Gasteiger partial charge in [0.05, 0.1) is 20.8 Å². The third-order valence-corrected chi connectivity index (χ3v) is 4.54. The van der Waals surface area contributed by atoms with Crippen LogP contribution in [0, 0.1) is 0 Å². The van der Waals surface area contributed by atoms with Crippen molar-refractivity contribution in [3.63, 3.8) is 0 Å². The molecule has 0 unspecified atom stereocenters. The molecule has 1 heterocycles. The number of rotatable bonds is 2. The molecule has 4 heteroatoms. The average molecular weight is 284 g/mol. The van der Waals surface area contributed by atoms with Crippen molar-refractivity contribution in [3.8, 4) is 10.6 Å². The van der Waals surface area contributed by atoms with Gasteiger partial charge in [-0.3, -0.25) is 4.79 Å². The van der Waals surface area contributed by atoms with Crippen molar-refractivity contribution in [2.45, 2.75) is 13.3 Å². The van der Waals surface area contributed by atoms with Gasteiger partial charge in [-0.15, -0.1) is 11.3 Å². The lowest BCUT2D eigenvalue weighted by Gasteiger charge is -2.13. The van der Waals surface area contributed by atoms with Gasteiger partial charge in [-0.2, -0.15) is 0 Å². The number of nitrogens with zero attached hydrogens (tertiary/aromatic N) is 2. The van der Waals surface area contributed by atoms with Gasteiger partial charge in [0.25, 0.3) is 0 Å². The molecule has 0 N–H and O–H groups in total. The summed E-state index contributed by atoms with van der Waals surface area (Å²) in [5.74, 6) is 0. The van der Waals surface area contributed by atoms with Gasteiger partial charge >= 0.3 is 0 Å². The first-order valence-corrected chi connectivity index (χ1v) is 7.45. The molecule has 0 bridgehead atoms. The minimum absolute atomic E-state index is 0.112. The number of fused-ring (bicyclic) bond motifs is 2. The van der Waals surface area contributed by atoms with Crippen molar-refractivity contribution in [2.75, 3.05) is 19.0 Å². The molecule has 1 aromatic carbocycles. The maximum absolute atomic E-state index is 11.9. The maximum atomic E-state index is 11.9. The first-order valence-electron chi connectivity index (χ1n) is 6.63. The quantitative estimate of drug-likeness (QED) is 0.676. The van der Waals surface area contributed by atoms with Crippen LogP contribution in [0.1, 0.15) is 12.5 Å². The minimum atomic E-state index is 0.112. The number of aryl methyl sites for hydroxylation is 1. The van der Waals surface area contributed by atoms with E-state index in [-0.39, 0.29) is 5.43 Å². The molecule has 0 atom stereocenters. The standard InChI is InChI=1S/C16H16N2OS/c1-4-10-7-13-16(9-14(10)19)20-15-8-11(18(2)3)5-6-12(15)17-13/h5-9H,4H2,1-3H3. The van der Waals surface area contributed by atoms with Gasteiger partial charge in [-0.1, -0.05) is 6.92 Å². The Kier molecular flexibility index (Phi) is 3.18.